The molecule has 21 heavy (non-hydrogen) atoms. The average Bonchev–Trinajstić information content (AvgIpc) is 2.53. The molecule has 0 bridgehead atoms. The van der Waals surface area contributed by atoms with Gasteiger partial charge in [0, 0.05) is 30.7 Å². The highest BCUT2D eigenvalue weighted by Crippen LogP contribution is 2.26. The van der Waals surface area contributed by atoms with Crippen LogP contribution in [-0.2, 0) is 4.74 Å². The van der Waals surface area contributed by atoms with Crippen molar-refractivity contribution in [2.24, 2.45) is 5.73 Å². The standard InChI is InChI=1S/C17H23N3O/c1-12(2)20-9-10-21-16(11-20)17(18)14-5-3-7-15-13(14)6-4-8-19-15/h3-8,12,16-17H,9-11,18H2,1-2H3. The highest BCUT2D eigenvalue weighted by Gasteiger charge is 2.28. The lowest BCUT2D eigenvalue weighted by Gasteiger charge is -2.38. The fraction of sp³-hybridized carbons (Fsp3) is 0.471. The number of hydrogen-bond donors (Lipinski definition) is 1. The van der Waals surface area contributed by atoms with E-state index in [2.05, 4.69) is 35.9 Å². The van der Waals surface area contributed by atoms with Gasteiger partial charge in [-0.2, -0.15) is 0 Å². The number of nitrogens with zero attached hydrogens (tertiary/aromatic N) is 2. The Hall–Kier alpha value is -1.49. The summed E-state index contributed by atoms with van der Waals surface area (Å²) in [6.45, 7) is 7.05. The molecule has 2 unspecified atom stereocenters. The molecule has 1 saturated heterocycles. The van der Waals surface area contributed by atoms with Gasteiger partial charge in [-0.15, -0.1) is 0 Å². The zero-order chi connectivity index (χ0) is 14.8. The van der Waals surface area contributed by atoms with E-state index in [0.717, 1.165) is 36.2 Å². The zero-order valence-corrected chi connectivity index (χ0v) is 12.7. The fourth-order valence-electron chi connectivity index (χ4n) is 3.00. The van der Waals surface area contributed by atoms with Crippen LogP contribution in [0.2, 0.25) is 0 Å². The van der Waals surface area contributed by atoms with Crippen LogP contribution in [0.1, 0.15) is 25.5 Å². The van der Waals surface area contributed by atoms with E-state index in [1.807, 2.05) is 24.4 Å². The van der Waals surface area contributed by atoms with Gasteiger partial charge in [-0.25, -0.2) is 0 Å². The Morgan fingerprint density at radius 3 is 2.95 bits per heavy atom. The summed E-state index contributed by atoms with van der Waals surface area (Å²) in [6.07, 6.45) is 1.85. The predicted octanol–water partition coefficient (Wildman–Crippen LogP) is 2.34. The Labute approximate surface area is 125 Å². The minimum Gasteiger partial charge on any atom is -0.374 e. The quantitative estimate of drug-likeness (QED) is 0.940. The minimum atomic E-state index is -0.126. The number of morpholine rings is 1. The Bertz CT molecular complexity index is 609. The van der Waals surface area contributed by atoms with Crippen LogP contribution in [0.25, 0.3) is 10.9 Å². The fourth-order valence-corrected chi connectivity index (χ4v) is 3.00. The van der Waals surface area contributed by atoms with Crippen molar-refractivity contribution in [3.8, 4) is 0 Å². The van der Waals surface area contributed by atoms with Crippen molar-refractivity contribution in [3.63, 3.8) is 0 Å². The van der Waals surface area contributed by atoms with Gasteiger partial charge in [0.2, 0.25) is 0 Å². The van der Waals surface area contributed by atoms with Gasteiger partial charge < -0.3 is 10.5 Å². The normalized spacial score (nSPS) is 21.8. The van der Waals surface area contributed by atoms with E-state index in [9.17, 15) is 0 Å². The highest BCUT2D eigenvalue weighted by molar-refractivity contribution is 5.82. The first-order valence-electron chi connectivity index (χ1n) is 7.61. The number of ether oxygens (including phenoxy) is 1. The summed E-state index contributed by atoms with van der Waals surface area (Å²) >= 11 is 0. The van der Waals surface area contributed by atoms with Crippen LogP contribution in [0.3, 0.4) is 0 Å². The minimum absolute atomic E-state index is 0.0342. The highest BCUT2D eigenvalue weighted by atomic mass is 16.5. The predicted molar refractivity (Wildman–Crippen MR) is 85.1 cm³/mol. The molecule has 4 heteroatoms. The van der Waals surface area contributed by atoms with Crippen LogP contribution < -0.4 is 5.73 Å². The van der Waals surface area contributed by atoms with E-state index in [1.165, 1.54) is 0 Å². The number of benzene rings is 1. The number of hydrogen-bond acceptors (Lipinski definition) is 4. The largest absolute Gasteiger partial charge is 0.374 e. The van der Waals surface area contributed by atoms with Crippen LogP contribution >= 0.6 is 0 Å². The topological polar surface area (TPSA) is 51.4 Å². The molecule has 1 aromatic heterocycles. The smallest absolute Gasteiger partial charge is 0.0895 e. The molecule has 1 aromatic carbocycles. The Morgan fingerprint density at radius 2 is 2.14 bits per heavy atom. The van der Waals surface area contributed by atoms with E-state index in [4.69, 9.17) is 10.5 Å². The summed E-state index contributed by atoms with van der Waals surface area (Å²) in [5.74, 6) is 0. The molecule has 2 atom stereocenters. The van der Waals surface area contributed by atoms with Gasteiger partial charge in [-0.05, 0) is 31.5 Å². The molecule has 2 heterocycles. The van der Waals surface area contributed by atoms with Crippen molar-refractivity contribution in [1.29, 1.82) is 0 Å². The lowest BCUT2D eigenvalue weighted by Crippen LogP contribution is -2.49. The lowest BCUT2D eigenvalue weighted by molar-refractivity contribution is -0.0500. The first-order valence-corrected chi connectivity index (χ1v) is 7.61. The maximum atomic E-state index is 6.52. The molecule has 2 aromatic rings. The van der Waals surface area contributed by atoms with Crippen molar-refractivity contribution in [2.45, 2.75) is 32.0 Å². The van der Waals surface area contributed by atoms with Gasteiger partial charge in [-0.1, -0.05) is 18.2 Å². The van der Waals surface area contributed by atoms with Gasteiger partial charge in [0.25, 0.3) is 0 Å². The van der Waals surface area contributed by atoms with Gasteiger partial charge in [0.05, 0.1) is 24.3 Å². The molecule has 0 aliphatic carbocycles. The maximum Gasteiger partial charge on any atom is 0.0895 e. The SMILES string of the molecule is CC(C)N1CCOC(C(N)c2cccc3ncccc23)C1. The second-order valence-electron chi connectivity index (χ2n) is 5.94. The lowest BCUT2D eigenvalue weighted by atomic mass is 9.96. The number of fused-ring (bicyclic) bond motifs is 1. The number of pyridine rings is 1. The van der Waals surface area contributed by atoms with Crippen LogP contribution in [-0.4, -0.2) is 41.7 Å². The second kappa shape index (κ2) is 6.10. The zero-order valence-electron chi connectivity index (χ0n) is 12.7. The molecule has 0 amide bonds. The van der Waals surface area contributed by atoms with E-state index < -0.39 is 0 Å². The molecule has 0 saturated carbocycles. The van der Waals surface area contributed by atoms with Crippen LogP contribution in [0.15, 0.2) is 36.5 Å². The van der Waals surface area contributed by atoms with E-state index >= 15 is 0 Å². The maximum absolute atomic E-state index is 6.52. The average molecular weight is 285 g/mol. The molecule has 1 aliphatic heterocycles. The van der Waals surface area contributed by atoms with Crippen LogP contribution in [0, 0.1) is 0 Å². The second-order valence-corrected chi connectivity index (χ2v) is 5.94. The van der Waals surface area contributed by atoms with Gasteiger partial charge in [-0.3, -0.25) is 9.88 Å². The third-order valence-corrected chi connectivity index (χ3v) is 4.29. The van der Waals surface area contributed by atoms with E-state index in [-0.39, 0.29) is 12.1 Å². The first-order chi connectivity index (χ1) is 10.2. The van der Waals surface area contributed by atoms with E-state index in [0.29, 0.717) is 6.04 Å². The summed E-state index contributed by atoms with van der Waals surface area (Å²) in [4.78, 5) is 6.83. The van der Waals surface area contributed by atoms with Gasteiger partial charge >= 0.3 is 0 Å². The number of rotatable bonds is 3. The van der Waals surface area contributed by atoms with E-state index in [1.54, 1.807) is 0 Å². The third-order valence-electron chi connectivity index (χ3n) is 4.29. The Balaban J connectivity index is 1.88. The molecule has 112 valence electrons. The molecule has 3 rings (SSSR count). The molecule has 2 N–H and O–H groups in total. The summed E-state index contributed by atoms with van der Waals surface area (Å²) < 4.78 is 5.94. The van der Waals surface area contributed by atoms with Gasteiger partial charge in [0.15, 0.2) is 0 Å². The van der Waals surface area contributed by atoms with Crippen molar-refractivity contribution in [3.05, 3.63) is 42.1 Å². The molecule has 0 radical (unpaired) electrons. The summed E-state index contributed by atoms with van der Waals surface area (Å²) in [5.41, 5.74) is 8.63. The van der Waals surface area contributed by atoms with Crippen molar-refractivity contribution < 1.29 is 4.74 Å². The van der Waals surface area contributed by atoms with Crippen molar-refractivity contribution in [1.82, 2.24) is 9.88 Å². The van der Waals surface area contributed by atoms with Crippen molar-refractivity contribution in [2.75, 3.05) is 19.7 Å². The number of nitrogens with two attached hydrogens (primary N) is 1. The summed E-state index contributed by atoms with van der Waals surface area (Å²) in [5, 5.41) is 1.12. The molecule has 1 aliphatic rings. The molecule has 0 spiro atoms. The number of aromatic nitrogens is 1. The third kappa shape index (κ3) is 2.93. The molecule has 1 fully saturated rings. The molecule has 4 nitrogen and oxygen atoms in total. The van der Waals surface area contributed by atoms with Gasteiger partial charge in [0.1, 0.15) is 0 Å². The molecular formula is C17H23N3O. The Kier molecular flexibility index (Phi) is 4.19. The monoisotopic (exact) mass is 285 g/mol. The first kappa shape index (κ1) is 14.4. The summed E-state index contributed by atoms with van der Waals surface area (Å²) in [7, 11) is 0. The van der Waals surface area contributed by atoms with Crippen LogP contribution in [0.4, 0.5) is 0 Å². The Morgan fingerprint density at radius 1 is 1.29 bits per heavy atom. The molecular weight excluding hydrogens is 262 g/mol. The van der Waals surface area contributed by atoms with Crippen molar-refractivity contribution >= 4 is 10.9 Å². The van der Waals surface area contributed by atoms with Crippen LogP contribution in [0.5, 0.6) is 0 Å². The summed E-state index contributed by atoms with van der Waals surface area (Å²) in [6, 6.07) is 10.6.